The number of carboxylic acids is 1. The summed E-state index contributed by atoms with van der Waals surface area (Å²) in [6.45, 7) is 5.87. The van der Waals surface area contributed by atoms with Crippen molar-refractivity contribution in [2.75, 3.05) is 0 Å². The molecule has 0 aliphatic carbocycles. The molecule has 0 saturated carbocycles. The first-order chi connectivity index (χ1) is 8.76. The minimum Gasteiger partial charge on any atom is -0.542 e. The van der Waals surface area contributed by atoms with E-state index in [1.807, 2.05) is 0 Å². The molecule has 2 rings (SSSR count). The standard InChI is InChI=1S/C12H15N3O4.K/c1-12(2,3)19-11(18)15-5-7-4-13-9(10(16)17)14-8(7)6-15;/h4H,5-6H2,1-3H3,(H,16,17);/q;+1/p-1. The van der Waals surface area contributed by atoms with Crippen LogP contribution >= 0.6 is 0 Å². The van der Waals surface area contributed by atoms with Crippen LogP contribution in [0.15, 0.2) is 6.20 Å². The van der Waals surface area contributed by atoms with Crippen molar-refractivity contribution in [1.29, 1.82) is 0 Å². The van der Waals surface area contributed by atoms with Crippen LogP contribution in [0.25, 0.3) is 0 Å². The van der Waals surface area contributed by atoms with Crippen molar-refractivity contribution < 1.29 is 70.8 Å². The molecule has 1 aromatic heterocycles. The maximum Gasteiger partial charge on any atom is 1.00 e. The number of hydrogen-bond donors (Lipinski definition) is 0. The Bertz CT molecular complexity index is 542. The van der Waals surface area contributed by atoms with Crippen LogP contribution in [-0.4, -0.2) is 32.5 Å². The Hall–Kier alpha value is -0.544. The molecule has 0 N–H and O–H groups in total. The van der Waals surface area contributed by atoms with Gasteiger partial charge in [-0.25, -0.2) is 14.8 Å². The summed E-state index contributed by atoms with van der Waals surface area (Å²) in [5, 5.41) is 10.7. The first-order valence-electron chi connectivity index (χ1n) is 5.80. The fourth-order valence-corrected chi connectivity index (χ4v) is 1.71. The van der Waals surface area contributed by atoms with Gasteiger partial charge in [-0.2, -0.15) is 0 Å². The number of carbonyl (C=O) groups excluding carboxylic acids is 2. The summed E-state index contributed by atoms with van der Waals surface area (Å²) >= 11 is 0. The van der Waals surface area contributed by atoms with E-state index in [0.717, 1.165) is 5.56 Å². The molecule has 2 heterocycles. The van der Waals surface area contributed by atoms with Crippen molar-refractivity contribution in [3.05, 3.63) is 23.3 Å². The molecule has 1 aliphatic heterocycles. The average Bonchev–Trinajstić information content (AvgIpc) is 2.68. The van der Waals surface area contributed by atoms with Gasteiger partial charge in [-0.3, -0.25) is 4.90 Å². The zero-order valence-electron chi connectivity index (χ0n) is 12.0. The predicted molar refractivity (Wildman–Crippen MR) is 61.8 cm³/mol. The Morgan fingerprint density at radius 2 is 2.00 bits per heavy atom. The molecule has 0 atom stereocenters. The van der Waals surface area contributed by atoms with E-state index in [1.165, 1.54) is 11.1 Å². The molecule has 0 bridgehead atoms. The van der Waals surface area contributed by atoms with Crippen LogP contribution in [0, 0.1) is 0 Å². The third kappa shape index (κ3) is 4.22. The van der Waals surface area contributed by atoms with E-state index in [0.29, 0.717) is 12.2 Å². The second-order valence-electron chi connectivity index (χ2n) is 5.29. The number of aromatic carboxylic acids is 1. The van der Waals surface area contributed by atoms with Gasteiger partial charge in [0.1, 0.15) is 11.6 Å². The minimum absolute atomic E-state index is 0. The molecule has 1 aliphatic rings. The fourth-order valence-electron chi connectivity index (χ4n) is 1.71. The largest absolute Gasteiger partial charge is 1.00 e. The van der Waals surface area contributed by atoms with Gasteiger partial charge in [-0.1, -0.05) is 0 Å². The van der Waals surface area contributed by atoms with Crippen LogP contribution in [0.4, 0.5) is 4.79 Å². The number of amides is 1. The first-order valence-corrected chi connectivity index (χ1v) is 5.80. The van der Waals surface area contributed by atoms with E-state index in [1.54, 1.807) is 20.8 Å². The Morgan fingerprint density at radius 1 is 1.35 bits per heavy atom. The van der Waals surface area contributed by atoms with Crippen molar-refractivity contribution in [3.63, 3.8) is 0 Å². The third-order valence-electron chi connectivity index (χ3n) is 2.49. The zero-order chi connectivity index (χ0) is 14.2. The molecule has 7 nitrogen and oxygen atoms in total. The third-order valence-corrected chi connectivity index (χ3v) is 2.49. The van der Waals surface area contributed by atoms with Crippen LogP contribution in [0.2, 0.25) is 0 Å². The second-order valence-corrected chi connectivity index (χ2v) is 5.29. The van der Waals surface area contributed by atoms with Crippen molar-refractivity contribution in [2.45, 2.75) is 39.5 Å². The topological polar surface area (TPSA) is 95.5 Å². The quantitative estimate of drug-likeness (QED) is 0.516. The molecule has 0 aromatic carbocycles. The van der Waals surface area contributed by atoms with Gasteiger partial charge in [0, 0.05) is 11.8 Å². The van der Waals surface area contributed by atoms with E-state index >= 15 is 0 Å². The monoisotopic (exact) mass is 303 g/mol. The van der Waals surface area contributed by atoms with Crippen LogP contribution in [-0.2, 0) is 17.8 Å². The van der Waals surface area contributed by atoms with Gasteiger partial charge in [0.25, 0.3) is 0 Å². The molecule has 0 fully saturated rings. The molecule has 0 unspecified atom stereocenters. The molecule has 8 heteroatoms. The SMILES string of the molecule is CC(C)(C)OC(=O)N1Cc2cnc(C(=O)[O-])nc2C1.[K+]. The molecule has 1 amide bonds. The number of aromatic nitrogens is 2. The van der Waals surface area contributed by atoms with Crippen molar-refractivity contribution in [3.8, 4) is 0 Å². The molecular formula is C12H14KN3O4. The normalized spacial score (nSPS) is 13.4. The molecule has 0 spiro atoms. The summed E-state index contributed by atoms with van der Waals surface area (Å²) in [5.74, 6) is -1.80. The summed E-state index contributed by atoms with van der Waals surface area (Å²) in [4.78, 5) is 31.5. The Morgan fingerprint density at radius 3 is 2.55 bits per heavy atom. The number of carbonyl (C=O) groups is 2. The van der Waals surface area contributed by atoms with E-state index < -0.39 is 17.7 Å². The number of rotatable bonds is 1. The Balaban J connectivity index is 0.00000200. The summed E-state index contributed by atoms with van der Waals surface area (Å²) in [6.07, 6.45) is 0.943. The van der Waals surface area contributed by atoms with Crippen LogP contribution in [0.5, 0.6) is 0 Å². The summed E-state index contributed by atoms with van der Waals surface area (Å²) in [6, 6.07) is 0. The van der Waals surface area contributed by atoms with Gasteiger partial charge < -0.3 is 14.6 Å². The van der Waals surface area contributed by atoms with Crippen LogP contribution in [0.3, 0.4) is 0 Å². The van der Waals surface area contributed by atoms with Crippen molar-refractivity contribution in [1.82, 2.24) is 14.9 Å². The number of carboxylic acid groups (broad SMARTS) is 1. The predicted octanol–water partition coefficient (Wildman–Crippen LogP) is -2.91. The summed E-state index contributed by atoms with van der Waals surface area (Å²) in [7, 11) is 0. The number of fused-ring (bicyclic) bond motifs is 1. The van der Waals surface area contributed by atoms with Gasteiger partial charge in [0.05, 0.1) is 18.8 Å². The summed E-state index contributed by atoms with van der Waals surface area (Å²) in [5.41, 5.74) is 0.657. The van der Waals surface area contributed by atoms with Gasteiger partial charge in [-0.05, 0) is 20.8 Å². The molecule has 0 radical (unpaired) electrons. The maximum atomic E-state index is 11.9. The molecule has 102 valence electrons. The molecular weight excluding hydrogens is 289 g/mol. The molecule has 20 heavy (non-hydrogen) atoms. The van der Waals surface area contributed by atoms with E-state index in [-0.39, 0.29) is 63.8 Å². The van der Waals surface area contributed by atoms with Gasteiger partial charge in [-0.15, -0.1) is 0 Å². The number of hydrogen-bond acceptors (Lipinski definition) is 6. The summed E-state index contributed by atoms with van der Waals surface area (Å²) < 4.78 is 5.24. The Kier molecular flexibility index (Phi) is 5.67. The van der Waals surface area contributed by atoms with Crippen molar-refractivity contribution in [2.24, 2.45) is 0 Å². The molecule has 0 saturated heterocycles. The Labute approximate surface area is 159 Å². The van der Waals surface area contributed by atoms with E-state index in [2.05, 4.69) is 9.97 Å². The minimum atomic E-state index is -1.43. The first kappa shape index (κ1) is 17.5. The van der Waals surface area contributed by atoms with Gasteiger partial charge in [0.15, 0.2) is 5.82 Å². The maximum absolute atomic E-state index is 11.9. The van der Waals surface area contributed by atoms with Crippen LogP contribution in [0.1, 0.15) is 42.6 Å². The average molecular weight is 303 g/mol. The van der Waals surface area contributed by atoms with Gasteiger partial charge in [0.2, 0.25) is 0 Å². The van der Waals surface area contributed by atoms with Crippen molar-refractivity contribution >= 4 is 12.1 Å². The number of nitrogens with zero attached hydrogens (tertiary/aromatic N) is 3. The molecule has 1 aromatic rings. The second kappa shape index (κ2) is 6.48. The number of ether oxygens (including phenoxy) is 1. The fraction of sp³-hybridized carbons (Fsp3) is 0.500. The van der Waals surface area contributed by atoms with E-state index in [9.17, 15) is 14.7 Å². The van der Waals surface area contributed by atoms with E-state index in [4.69, 9.17) is 4.74 Å². The zero-order valence-corrected chi connectivity index (χ0v) is 15.1. The van der Waals surface area contributed by atoms with Crippen LogP contribution < -0.4 is 56.5 Å². The van der Waals surface area contributed by atoms with Gasteiger partial charge >= 0.3 is 57.5 Å². The smallest absolute Gasteiger partial charge is 0.542 e.